The second kappa shape index (κ2) is 5.35. The Balaban J connectivity index is 2.26. The molecule has 1 aromatic heterocycles. The molecule has 1 aromatic carbocycles. The minimum Gasteiger partial charge on any atom is -0.494 e. The maximum absolute atomic E-state index is 13.6. The molecule has 1 N–H and O–H groups in total. The highest BCUT2D eigenvalue weighted by Gasteiger charge is 2.09. The van der Waals surface area contributed by atoms with Crippen LogP contribution in [-0.2, 0) is 0 Å². The fraction of sp³-hybridized carbons (Fsp3) is 0.308. The molecule has 5 heteroatoms. The summed E-state index contributed by atoms with van der Waals surface area (Å²) in [6.07, 6.45) is 0. The molecular weight excluding hydrogens is 251 g/mol. The van der Waals surface area contributed by atoms with Crippen molar-refractivity contribution in [3.05, 3.63) is 29.4 Å². The van der Waals surface area contributed by atoms with Crippen LogP contribution < -0.4 is 10.1 Å². The summed E-state index contributed by atoms with van der Waals surface area (Å²) in [6, 6.07) is 5.18. The van der Waals surface area contributed by atoms with Crippen LogP contribution in [0.1, 0.15) is 13.8 Å². The lowest BCUT2D eigenvalue weighted by Crippen LogP contribution is -2.08. The Hall–Kier alpha value is -1.62. The molecule has 2 rings (SSSR count). The molecule has 18 heavy (non-hydrogen) atoms. The number of hydrogen-bond acceptors (Lipinski definition) is 4. The molecule has 0 aliphatic heterocycles. The average molecular weight is 266 g/mol. The summed E-state index contributed by atoms with van der Waals surface area (Å²) in [7, 11) is 1.45. The first-order valence-electron chi connectivity index (χ1n) is 5.66. The zero-order chi connectivity index (χ0) is 13.1. The summed E-state index contributed by atoms with van der Waals surface area (Å²) in [5.74, 6) is -0.129. The lowest BCUT2D eigenvalue weighted by molar-refractivity contribution is 0.386. The number of nitrogens with one attached hydrogen (secondary N) is 1. The summed E-state index contributed by atoms with van der Waals surface area (Å²) in [5.41, 5.74) is 1.52. The highest BCUT2D eigenvalue weighted by atomic mass is 32.1. The normalized spacial score (nSPS) is 10.7. The second-order valence-electron chi connectivity index (χ2n) is 4.19. The van der Waals surface area contributed by atoms with Gasteiger partial charge in [-0.15, -0.1) is 11.3 Å². The number of hydrogen-bond donors (Lipinski definition) is 1. The van der Waals surface area contributed by atoms with E-state index in [1.807, 2.05) is 19.2 Å². The van der Waals surface area contributed by atoms with Crippen molar-refractivity contribution in [2.75, 3.05) is 12.4 Å². The van der Waals surface area contributed by atoms with Gasteiger partial charge in [-0.2, -0.15) is 0 Å². The monoisotopic (exact) mass is 266 g/mol. The van der Waals surface area contributed by atoms with Crippen molar-refractivity contribution in [1.82, 2.24) is 4.98 Å². The van der Waals surface area contributed by atoms with Crippen molar-refractivity contribution in [2.24, 2.45) is 0 Å². The number of benzene rings is 1. The van der Waals surface area contributed by atoms with Crippen molar-refractivity contribution < 1.29 is 9.13 Å². The zero-order valence-corrected chi connectivity index (χ0v) is 11.3. The van der Waals surface area contributed by atoms with E-state index in [2.05, 4.69) is 10.3 Å². The van der Waals surface area contributed by atoms with Gasteiger partial charge in [-0.3, -0.25) is 0 Å². The summed E-state index contributed by atoms with van der Waals surface area (Å²) in [6.45, 7) is 4.10. The molecule has 0 aliphatic carbocycles. The van der Waals surface area contributed by atoms with Gasteiger partial charge in [0.25, 0.3) is 0 Å². The summed E-state index contributed by atoms with van der Waals surface area (Å²) < 4.78 is 18.5. The molecule has 0 bridgehead atoms. The molecule has 96 valence electrons. The number of aromatic nitrogens is 1. The third kappa shape index (κ3) is 2.79. The zero-order valence-electron chi connectivity index (χ0n) is 10.5. The van der Waals surface area contributed by atoms with E-state index in [1.54, 1.807) is 12.1 Å². The predicted molar refractivity (Wildman–Crippen MR) is 72.8 cm³/mol. The van der Waals surface area contributed by atoms with Gasteiger partial charge in [0.05, 0.1) is 12.8 Å². The number of rotatable bonds is 4. The van der Waals surface area contributed by atoms with Gasteiger partial charge < -0.3 is 10.1 Å². The molecule has 3 nitrogen and oxygen atoms in total. The minimum atomic E-state index is -0.374. The van der Waals surface area contributed by atoms with E-state index in [0.29, 0.717) is 6.04 Å². The summed E-state index contributed by atoms with van der Waals surface area (Å²) >= 11 is 1.51. The topological polar surface area (TPSA) is 34.1 Å². The number of nitrogens with zero attached hydrogens (tertiary/aromatic N) is 1. The summed E-state index contributed by atoms with van der Waals surface area (Å²) in [4.78, 5) is 4.42. The standard InChI is InChI=1S/C13H15FN2OS/c1-8(2)15-13-16-11(7-18-13)9-4-5-12(17-3)10(14)6-9/h4-8H,1-3H3,(H,15,16). The van der Waals surface area contributed by atoms with Crippen LogP contribution in [0.5, 0.6) is 5.75 Å². The fourth-order valence-electron chi connectivity index (χ4n) is 1.55. The van der Waals surface area contributed by atoms with Crippen molar-refractivity contribution in [1.29, 1.82) is 0 Å². The predicted octanol–water partition coefficient (Wildman–Crippen LogP) is 3.78. The van der Waals surface area contributed by atoms with Crippen LogP contribution in [0.15, 0.2) is 23.6 Å². The van der Waals surface area contributed by atoms with Gasteiger partial charge in [0, 0.05) is 17.0 Å². The van der Waals surface area contributed by atoms with Gasteiger partial charge in [0.1, 0.15) is 0 Å². The van der Waals surface area contributed by atoms with Crippen LogP contribution in [0.4, 0.5) is 9.52 Å². The Morgan fingerprint density at radius 2 is 2.17 bits per heavy atom. The Kier molecular flexibility index (Phi) is 3.81. The third-order valence-electron chi connectivity index (χ3n) is 2.36. The molecule has 0 aliphatic rings. The molecule has 0 fully saturated rings. The molecule has 0 spiro atoms. The van der Waals surface area contributed by atoms with Gasteiger partial charge in [-0.05, 0) is 32.0 Å². The van der Waals surface area contributed by atoms with Gasteiger partial charge >= 0.3 is 0 Å². The van der Waals surface area contributed by atoms with Crippen LogP contribution in [0.3, 0.4) is 0 Å². The first-order valence-corrected chi connectivity index (χ1v) is 6.54. The first-order chi connectivity index (χ1) is 8.60. The molecule has 0 amide bonds. The minimum absolute atomic E-state index is 0.245. The maximum atomic E-state index is 13.6. The molecule has 1 heterocycles. The second-order valence-corrected chi connectivity index (χ2v) is 5.04. The number of ether oxygens (including phenoxy) is 1. The molecular formula is C13H15FN2OS. The molecule has 0 radical (unpaired) electrons. The highest BCUT2D eigenvalue weighted by molar-refractivity contribution is 7.14. The maximum Gasteiger partial charge on any atom is 0.183 e. The van der Waals surface area contributed by atoms with E-state index in [-0.39, 0.29) is 11.6 Å². The summed E-state index contributed by atoms with van der Waals surface area (Å²) in [5, 5.41) is 5.97. The number of anilines is 1. The van der Waals surface area contributed by atoms with E-state index in [1.165, 1.54) is 24.5 Å². The molecule has 2 aromatic rings. The first kappa shape index (κ1) is 12.8. The van der Waals surface area contributed by atoms with E-state index in [4.69, 9.17) is 4.74 Å². The van der Waals surface area contributed by atoms with Crippen LogP contribution >= 0.6 is 11.3 Å². The number of thiazole rings is 1. The average Bonchev–Trinajstić information content (AvgIpc) is 2.76. The van der Waals surface area contributed by atoms with Gasteiger partial charge in [-0.1, -0.05) is 0 Å². The van der Waals surface area contributed by atoms with Crippen molar-refractivity contribution in [3.8, 4) is 17.0 Å². The largest absolute Gasteiger partial charge is 0.494 e. The fourth-order valence-corrected chi connectivity index (χ4v) is 2.41. The van der Waals surface area contributed by atoms with E-state index >= 15 is 0 Å². The molecule has 0 atom stereocenters. The van der Waals surface area contributed by atoms with E-state index < -0.39 is 0 Å². The van der Waals surface area contributed by atoms with Crippen LogP contribution in [0.25, 0.3) is 11.3 Å². The van der Waals surface area contributed by atoms with Crippen molar-refractivity contribution in [3.63, 3.8) is 0 Å². The van der Waals surface area contributed by atoms with E-state index in [9.17, 15) is 4.39 Å². The SMILES string of the molecule is COc1ccc(-c2csc(NC(C)C)n2)cc1F. The highest BCUT2D eigenvalue weighted by Crippen LogP contribution is 2.28. The number of methoxy groups -OCH3 is 1. The third-order valence-corrected chi connectivity index (χ3v) is 3.14. The number of halogens is 1. The van der Waals surface area contributed by atoms with Crippen LogP contribution in [0, 0.1) is 5.82 Å². The lowest BCUT2D eigenvalue weighted by Gasteiger charge is -2.05. The quantitative estimate of drug-likeness (QED) is 0.914. The Morgan fingerprint density at radius 1 is 1.39 bits per heavy atom. The van der Waals surface area contributed by atoms with Crippen molar-refractivity contribution in [2.45, 2.75) is 19.9 Å². The Labute approximate surface area is 110 Å². The molecule has 0 saturated carbocycles. The van der Waals surface area contributed by atoms with E-state index in [0.717, 1.165) is 16.4 Å². The van der Waals surface area contributed by atoms with Crippen LogP contribution in [-0.4, -0.2) is 18.1 Å². The van der Waals surface area contributed by atoms with Gasteiger partial charge in [0.2, 0.25) is 0 Å². The smallest absolute Gasteiger partial charge is 0.183 e. The van der Waals surface area contributed by atoms with Gasteiger partial charge in [-0.25, -0.2) is 9.37 Å². The molecule has 0 saturated heterocycles. The Bertz CT molecular complexity index is 540. The Morgan fingerprint density at radius 3 is 2.78 bits per heavy atom. The van der Waals surface area contributed by atoms with Crippen LogP contribution in [0.2, 0.25) is 0 Å². The lowest BCUT2D eigenvalue weighted by atomic mass is 10.1. The van der Waals surface area contributed by atoms with Gasteiger partial charge in [0.15, 0.2) is 16.7 Å². The molecule has 0 unspecified atom stereocenters. The van der Waals surface area contributed by atoms with Crippen molar-refractivity contribution >= 4 is 16.5 Å².